The van der Waals surface area contributed by atoms with Crippen molar-refractivity contribution in [3.05, 3.63) is 137 Å². The molecular formula is C35H42Cl2N2O. The second-order valence-corrected chi connectivity index (χ2v) is 10.4. The number of aryl methyl sites for hydroxylation is 1. The zero-order valence-electron chi connectivity index (χ0n) is 23.5. The summed E-state index contributed by atoms with van der Waals surface area (Å²) < 4.78 is 5.70. The molecule has 0 amide bonds. The SMILES string of the molecule is CCCC(CNC1CCc2cccc(OC)c2C1)NC(c1ccccc1)(c1ccccc1)c1ccccc1.Cl.Cl. The normalized spacial score (nSPS) is 15.2. The molecule has 2 N–H and O–H groups in total. The van der Waals surface area contributed by atoms with E-state index >= 15 is 0 Å². The molecule has 2 unspecified atom stereocenters. The first kappa shape index (κ1) is 31.7. The minimum Gasteiger partial charge on any atom is -0.496 e. The average Bonchev–Trinajstić information content (AvgIpc) is 2.99. The van der Waals surface area contributed by atoms with Crippen molar-refractivity contribution in [2.45, 2.75) is 56.7 Å². The third-order valence-corrected chi connectivity index (χ3v) is 7.99. The van der Waals surface area contributed by atoms with Gasteiger partial charge in [0.05, 0.1) is 12.6 Å². The van der Waals surface area contributed by atoms with Gasteiger partial charge in [0, 0.05) is 18.6 Å². The molecule has 40 heavy (non-hydrogen) atoms. The van der Waals surface area contributed by atoms with Crippen molar-refractivity contribution < 1.29 is 4.74 Å². The van der Waals surface area contributed by atoms with Gasteiger partial charge in [0.2, 0.25) is 0 Å². The number of ether oxygens (including phenoxy) is 1. The third-order valence-electron chi connectivity index (χ3n) is 7.99. The molecule has 0 heterocycles. The fourth-order valence-electron chi connectivity index (χ4n) is 6.12. The average molecular weight is 578 g/mol. The van der Waals surface area contributed by atoms with Gasteiger partial charge in [-0.2, -0.15) is 0 Å². The maximum absolute atomic E-state index is 5.70. The molecular weight excluding hydrogens is 535 g/mol. The van der Waals surface area contributed by atoms with Gasteiger partial charge in [-0.15, -0.1) is 24.8 Å². The summed E-state index contributed by atoms with van der Waals surface area (Å²) in [4.78, 5) is 0. The van der Waals surface area contributed by atoms with Crippen LogP contribution in [0.5, 0.6) is 5.75 Å². The maximum atomic E-state index is 5.70. The molecule has 0 fully saturated rings. The lowest BCUT2D eigenvalue weighted by atomic mass is 9.76. The van der Waals surface area contributed by atoms with Gasteiger partial charge in [-0.3, -0.25) is 5.32 Å². The Hall–Kier alpha value is -2.82. The molecule has 1 aliphatic carbocycles. The van der Waals surface area contributed by atoms with Crippen molar-refractivity contribution in [2.24, 2.45) is 0 Å². The van der Waals surface area contributed by atoms with E-state index in [-0.39, 0.29) is 24.8 Å². The maximum Gasteiger partial charge on any atom is 0.122 e. The van der Waals surface area contributed by atoms with Gasteiger partial charge >= 0.3 is 0 Å². The van der Waals surface area contributed by atoms with Crippen LogP contribution in [0, 0.1) is 0 Å². The Balaban J connectivity index is 0.00000220. The predicted molar refractivity (Wildman–Crippen MR) is 172 cm³/mol. The van der Waals surface area contributed by atoms with Crippen LogP contribution in [0.15, 0.2) is 109 Å². The van der Waals surface area contributed by atoms with E-state index in [0.29, 0.717) is 12.1 Å². The van der Waals surface area contributed by atoms with Crippen molar-refractivity contribution in [1.29, 1.82) is 0 Å². The molecule has 1 aliphatic rings. The van der Waals surface area contributed by atoms with Gasteiger partial charge in [0.25, 0.3) is 0 Å². The van der Waals surface area contributed by atoms with Gasteiger partial charge in [-0.05, 0) is 59.6 Å². The van der Waals surface area contributed by atoms with Crippen molar-refractivity contribution >= 4 is 24.8 Å². The van der Waals surface area contributed by atoms with E-state index < -0.39 is 5.54 Å². The molecule has 4 aromatic carbocycles. The first-order valence-electron chi connectivity index (χ1n) is 14.1. The zero-order chi connectivity index (χ0) is 26.2. The number of halogens is 2. The Morgan fingerprint density at radius 3 is 1.82 bits per heavy atom. The highest BCUT2D eigenvalue weighted by Gasteiger charge is 2.38. The smallest absolute Gasteiger partial charge is 0.122 e. The summed E-state index contributed by atoms with van der Waals surface area (Å²) in [5.41, 5.74) is 6.13. The van der Waals surface area contributed by atoms with Crippen LogP contribution < -0.4 is 15.4 Å². The summed E-state index contributed by atoms with van der Waals surface area (Å²) in [6.07, 6.45) is 5.47. The van der Waals surface area contributed by atoms with E-state index in [9.17, 15) is 0 Å². The Bertz CT molecular complexity index is 1170. The quantitative estimate of drug-likeness (QED) is 0.179. The summed E-state index contributed by atoms with van der Waals surface area (Å²) in [5.74, 6) is 1.02. The Morgan fingerprint density at radius 2 is 1.32 bits per heavy atom. The van der Waals surface area contributed by atoms with E-state index in [0.717, 1.165) is 44.4 Å². The first-order valence-corrected chi connectivity index (χ1v) is 14.1. The fourth-order valence-corrected chi connectivity index (χ4v) is 6.12. The largest absolute Gasteiger partial charge is 0.496 e. The summed E-state index contributed by atoms with van der Waals surface area (Å²) in [6, 6.07) is 40.0. The van der Waals surface area contributed by atoms with E-state index in [1.54, 1.807) is 7.11 Å². The van der Waals surface area contributed by atoms with Gasteiger partial charge in [0.15, 0.2) is 0 Å². The molecule has 2 atom stereocenters. The highest BCUT2D eigenvalue weighted by atomic mass is 35.5. The summed E-state index contributed by atoms with van der Waals surface area (Å²) in [5, 5.41) is 8.17. The number of hydrogen-bond acceptors (Lipinski definition) is 3. The lowest BCUT2D eigenvalue weighted by Gasteiger charge is -2.41. The van der Waals surface area contributed by atoms with Crippen LogP contribution in [0.3, 0.4) is 0 Å². The van der Waals surface area contributed by atoms with Crippen LogP contribution in [0.2, 0.25) is 0 Å². The minimum absolute atomic E-state index is 0. The molecule has 5 rings (SSSR count). The summed E-state index contributed by atoms with van der Waals surface area (Å²) in [7, 11) is 1.78. The second kappa shape index (κ2) is 15.3. The van der Waals surface area contributed by atoms with Gasteiger partial charge in [-0.25, -0.2) is 0 Å². The van der Waals surface area contributed by atoms with E-state index in [1.807, 2.05) is 0 Å². The van der Waals surface area contributed by atoms with Crippen LogP contribution in [-0.4, -0.2) is 25.7 Å². The van der Waals surface area contributed by atoms with Crippen molar-refractivity contribution in [2.75, 3.05) is 13.7 Å². The lowest BCUT2D eigenvalue weighted by Crippen LogP contribution is -2.54. The molecule has 212 valence electrons. The number of nitrogens with one attached hydrogen (secondary N) is 2. The molecule has 4 aromatic rings. The second-order valence-electron chi connectivity index (χ2n) is 10.4. The molecule has 0 saturated heterocycles. The monoisotopic (exact) mass is 576 g/mol. The van der Waals surface area contributed by atoms with E-state index in [4.69, 9.17) is 4.74 Å². The van der Waals surface area contributed by atoms with E-state index in [2.05, 4.69) is 127 Å². The van der Waals surface area contributed by atoms with Crippen LogP contribution >= 0.6 is 24.8 Å². The number of fused-ring (bicyclic) bond motifs is 1. The standard InChI is InChI=1S/C35H40N2O.2ClH/c1-3-14-32(26-36-31-24-23-27-15-13-22-34(38-2)33(27)25-31)37-35(28-16-7-4-8-17-28,29-18-9-5-10-19-29)30-20-11-6-12-21-30;;/h4-13,15-22,31-32,36-37H,3,14,23-26H2,1-2H3;2*1H. The van der Waals surface area contributed by atoms with Crippen LogP contribution in [-0.2, 0) is 18.4 Å². The van der Waals surface area contributed by atoms with Crippen LogP contribution in [0.1, 0.15) is 54.0 Å². The molecule has 0 saturated carbocycles. The molecule has 0 bridgehead atoms. The molecule has 0 radical (unpaired) electrons. The van der Waals surface area contributed by atoms with E-state index in [1.165, 1.54) is 27.8 Å². The Labute approximate surface area is 252 Å². The predicted octanol–water partition coefficient (Wildman–Crippen LogP) is 7.74. The molecule has 3 nitrogen and oxygen atoms in total. The summed E-state index contributed by atoms with van der Waals surface area (Å²) in [6.45, 7) is 3.20. The minimum atomic E-state index is -0.451. The lowest BCUT2D eigenvalue weighted by molar-refractivity contribution is 0.333. The Morgan fingerprint density at radius 1 is 0.775 bits per heavy atom. The topological polar surface area (TPSA) is 33.3 Å². The van der Waals surface area contributed by atoms with Gasteiger partial charge in [0.1, 0.15) is 5.75 Å². The molecule has 0 aliphatic heterocycles. The van der Waals surface area contributed by atoms with Crippen molar-refractivity contribution in [3.63, 3.8) is 0 Å². The Kier molecular flexibility index (Phi) is 12.1. The number of benzene rings is 4. The number of hydrogen-bond donors (Lipinski definition) is 2. The number of methoxy groups -OCH3 is 1. The van der Waals surface area contributed by atoms with Crippen molar-refractivity contribution in [1.82, 2.24) is 10.6 Å². The van der Waals surface area contributed by atoms with Crippen LogP contribution in [0.25, 0.3) is 0 Å². The molecule has 0 aromatic heterocycles. The fraction of sp³-hybridized carbons (Fsp3) is 0.314. The number of rotatable bonds is 11. The highest BCUT2D eigenvalue weighted by molar-refractivity contribution is 5.85. The van der Waals surface area contributed by atoms with Crippen molar-refractivity contribution in [3.8, 4) is 5.75 Å². The highest BCUT2D eigenvalue weighted by Crippen LogP contribution is 2.37. The molecule has 5 heteroatoms. The van der Waals surface area contributed by atoms with Crippen LogP contribution in [0.4, 0.5) is 0 Å². The summed E-state index contributed by atoms with van der Waals surface area (Å²) >= 11 is 0. The first-order chi connectivity index (χ1) is 18.7. The third kappa shape index (κ3) is 6.90. The molecule has 0 spiro atoms. The van der Waals surface area contributed by atoms with Gasteiger partial charge < -0.3 is 10.1 Å². The van der Waals surface area contributed by atoms with Gasteiger partial charge in [-0.1, -0.05) is 116 Å². The zero-order valence-corrected chi connectivity index (χ0v) is 25.1.